The van der Waals surface area contributed by atoms with Crippen LogP contribution in [0, 0.1) is 6.92 Å². The van der Waals surface area contributed by atoms with E-state index in [1.54, 1.807) is 16.4 Å². The molecule has 2 aromatic carbocycles. The Morgan fingerprint density at radius 2 is 1.42 bits per heavy atom. The molecule has 0 bridgehead atoms. The fraction of sp³-hybridized carbons (Fsp3) is 0.429. The van der Waals surface area contributed by atoms with E-state index in [0.717, 1.165) is 11.3 Å². The Kier molecular flexibility index (Phi) is 5.13. The molecule has 5 heteroatoms. The molecule has 0 saturated carbocycles. The first kappa shape index (κ1) is 18.9. The van der Waals surface area contributed by atoms with E-state index in [1.807, 2.05) is 19.1 Å². The van der Waals surface area contributed by atoms with Crippen LogP contribution >= 0.6 is 0 Å². The predicted molar refractivity (Wildman–Crippen MR) is 107 cm³/mol. The zero-order valence-electron chi connectivity index (χ0n) is 16.1. The lowest BCUT2D eigenvalue weighted by atomic mass is 9.87. The molecular weight excluding hydrogens is 344 g/mol. The van der Waals surface area contributed by atoms with E-state index in [2.05, 4.69) is 49.9 Å². The molecule has 140 valence electrons. The van der Waals surface area contributed by atoms with Crippen LogP contribution in [0.5, 0.6) is 0 Å². The largest absolute Gasteiger partial charge is 0.369 e. The van der Waals surface area contributed by atoms with Crippen LogP contribution < -0.4 is 4.90 Å². The Bertz CT molecular complexity index is 860. The molecule has 26 heavy (non-hydrogen) atoms. The number of benzene rings is 2. The van der Waals surface area contributed by atoms with Crippen LogP contribution in [0.15, 0.2) is 53.4 Å². The highest BCUT2D eigenvalue weighted by Gasteiger charge is 2.29. The van der Waals surface area contributed by atoms with Crippen LogP contribution in [0.4, 0.5) is 5.69 Å². The lowest BCUT2D eigenvalue weighted by Gasteiger charge is -2.35. The minimum atomic E-state index is -3.42. The van der Waals surface area contributed by atoms with Gasteiger partial charge in [0.2, 0.25) is 10.0 Å². The van der Waals surface area contributed by atoms with Crippen molar-refractivity contribution in [3.05, 3.63) is 59.7 Å². The summed E-state index contributed by atoms with van der Waals surface area (Å²) in [7, 11) is -3.42. The molecule has 0 amide bonds. The Labute approximate surface area is 157 Å². The summed E-state index contributed by atoms with van der Waals surface area (Å²) in [6.07, 6.45) is 0. The standard InChI is InChI=1S/C21H28N2O2S/c1-17-7-5-6-8-20(17)26(24,25)23-15-13-22(14-16-23)19-11-9-18(10-12-19)21(2,3)4/h5-12H,13-16H2,1-4H3. The van der Waals surface area contributed by atoms with Gasteiger partial charge < -0.3 is 4.90 Å². The van der Waals surface area contributed by atoms with Crippen molar-refractivity contribution < 1.29 is 8.42 Å². The van der Waals surface area contributed by atoms with E-state index in [4.69, 9.17) is 0 Å². The minimum absolute atomic E-state index is 0.138. The molecule has 0 N–H and O–H groups in total. The van der Waals surface area contributed by atoms with Crippen LogP contribution in [0.1, 0.15) is 31.9 Å². The number of hydrogen-bond donors (Lipinski definition) is 0. The topological polar surface area (TPSA) is 40.6 Å². The molecule has 0 atom stereocenters. The van der Waals surface area contributed by atoms with Gasteiger partial charge in [0.25, 0.3) is 0 Å². The molecule has 1 aliphatic heterocycles. The lowest BCUT2D eigenvalue weighted by molar-refractivity contribution is 0.384. The first-order valence-corrected chi connectivity index (χ1v) is 10.5. The van der Waals surface area contributed by atoms with Crippen molar-refractivity contribution in [3.8, 4) is 0 Å². The first-order valence-electron chi connectivity index (χ1n) is 9.11. The van der Waals surface area contributed by atoms with Gasteiger partial charge in [-0.2, -0.15) is 4.31 Å². The Hall–Kier alpha value is -1.85. The van der Waals surface area contributed by atoms with Gasteiger partial charge in [0.15, 0.2) is 0 Å². The van der Waals surface area contributed by atoms with Gasteiger partial charge in [0.05, 0.1) is 4.90 Å². The van der Waals surface area contributed by atoms with Gasteiger partial charge in [-0.25, -0.2) is 8.42 Å². The summed E-state index contributed by atoms with van der Waals surface area (Å²) in [4.78, 5) is 2.68. The molecule has 4 nitrogen and oxygen atoms in total. The van der Waals surface area contributed by atoms with Gasteiger partial charge in [-0.1, -0.05) is 51.1 Å². The van der Waals surface area contributed by atoms with Crippen molar-refractivity contribution in [2.24, 2.45) is 0 Å². The zero-order chi connectivity index (χ0) is 18.9. The van der Waals surface area contributed by atoms with E-state index >= 15 is 0 Å². The van der Waals surface area contributed by atoms with E-state index in [-0.39, 0.29) is 5.41 Å². The SMILES string of the molecule is Cc1ccccc1S(=O)(=O)N1CCN(c2ccc(C(C)(C)C)cc2)CC1. The minimum Gasteiger partial charge on any atom is -0.369 e. The normalized spacial score (nSPS) is 16.7. The van der Waals surface area contributed by atoms with E-state index < -0.39 is 10.0 Å². The van der Waals surface area contributed by atoms with Crippen LogP contribution in [0.2, 0.25) is 0 Å². The fourth-order valence-electron chi connectivity index (χ4n) is 3.34. The summed E-state index contributed by atoms with van der Waals surface area (Å²) >= 11 is 0. The highest BCUT2D eigenvalue weighted by Crippen LogP contribution is 2.26. The second-order valence-electron chi connectivity index (χ2n) is 7.95. The molecule has 1 aliphatic rings. The maximum absolute atomic E-state index is 12.9. The molecule has 0 aromatic heterocycles. The van der Waals surface area contributed by atoms with E-state index in [0.29, 0.717) is 31.1 Å². The Morgan fingerprint density at radius 1 is 0.846 bits per heavy atom. The molecule has 3 rings (SSSR count). The van der Waals surface area contributed by atoms with Crippen LogP contribution in [-0.2, 0) is 15.4 Å². The van der Waals surface area contributed by atoms with Gasteiger partial charge in [-0.05, 0) is 41.7 Å². The van der Waals surface area contributed by atoms with Crippen molar-refractivity contribution in [2.45, 2.75) is 38.0 Å². The third-order valence-corrected chi connectivity index (χ3v) is 7.11. The monoisotopic (exact) mass is 372 g/mol. The first-order chi connectivity index (χ1) is 12.2. The highest BCUT2D eigenvalue weighted by molar-refractivity contribution is 7.89. The third kappa shape index (κ3) is 3.79. The molecule has 0 unspecified atom stereocenters. The second-order valence-corrected chi connectivity index (χ2v) is 9.86. The number of hydrogen-bond acceptors (Lipinski definition) is 3. The van der Waals surface area contributed by atoms with Gasteiger partial charge >= 0.3 is 0 Å². The second kappa shape index (κ2) is 7.05. The van der Waals surface area contributed by atoms with E-state index in [9.17, 15) is 8.42 Å². The Morgan fingerprint density at radius 3 is 1.96 bits per heavy atom. The molecule has 1 heterocycles. The number of anilines is 1. The summed E-state index contributed by atoms with van der Waals surface area (Å²) in [6.45, 7) is 10.9. The lowest BCUT2D eigenvalue weighted by Crippen LogP contribution is -2.48. The molecule has 0 aliphatic carbocycles. The summed E-state index contributed by atoms with van der Waals surface area (Å²) in [5, 5.41) is 0. The quantitative estimate of drug-likeness (QED) is 0.823. The van der Waals surface area contributed by atoms with Gasteiger partial charge in [-0.3, -0.25) is 0 Å². The van der Waals surface area contributed by atoms with Crippen LogP contribution in [-0.4, -0.2) is 38.9 Å². The summed E-state index contributed by atoms with van der Waals surface area (Å²) in [5.74, 6) is 0. The molecule has 0 radical (unpaired) electrons. The predicted octanol–water partition coefficient (Wildman–Crippen LogP) is 3.80. The summed E-state index contributed by atoms with van der Waals surface area (Å²) in [6, 6.07) is 15.8. The molecule has 1 saturated heterocycles. The smallest absolute Gasteiger partial charge is 0.243 e. The number of nitrogens with zero attached hydrogens (tertiary/aromatic N) is 2. The molecular formula is C21H28N2O2S. The van der Waals surface area contributed by atoms with Gasteiger partial charge in [0.1, 0.15) is 0 Å². The fourth-order valence-corrected chi connectivity index (χ4v) is 4.99. The van der Waals surface area contributed by atoms with Crippen molar-refractivity contribution >= 4 is 15.7 Å². The van der Waals surface area contributed by atoms with Crippen molar-refractivity contribution in [1.29, 1.82) is 0 Å². The van der Waals surface area contributed by atoms with Crippen molar-refractivity contribution in [1.82, 2.24) is 4.31 Å². The molecule has 0 spiro atoms. The van der Waals surface area contributed by atoms with E-state index in [1.165, 1.54) is 5.56 Å². The number of aryl methyl sites for hydroxylation is 1. The number of piperazine rings is 1. The highest BCUT2D eigenvalue weighted by atomic mass is 32.2. The van der Waals surface area contributed by atoms with Crippen molar-refractivity contribution in [3.63, 3.8) is 0 Å². The number of sulfonamides is 1. The maximum Gasteiger partial charge on any atom is 0.243 e. The molecule has 1 fully saturated rings. The molecule has 2 aromatic rings. The summed E-state index contributed by atoms with van der Waals surface area (Å²) < 4.78 is 27.4. The average Bonchev–Trinajstić information content (AvgIpc) is 2.61. The van der Waals surface area contributed by atoms with Crippen molar-refractivity contribution in [2.75, 3.05) is 31.1 Å². The third-order valence-electron chi connectivity index (χ3n) is 5.05. The van der Waals surface area contributed by atoms with Gasteiger partial charge in [0, 0.05) is 31.9 Å². The maximum atomic E-state index is 12.9. The summed E-state index contributed by atoms with van der Waals surface area (Å²) in [5.41, 5.74) is 3.40. The van der Waals surface area contributed by atoms with Crippen LogP contribution in [0.3, 0.4) is 0 Å². The van der Waals surface area contributed by atoms with Gasteiger partial charge in [-0.15, -0.1) is 0 Å². The number of rotatable bonds is 3. The van der Waals surface area contributed by atoms with Crippen LogP contribution in [0.25, 0.3) is 0 Å². The Balaban J connectivity index is 1.70. The average molecular weight is 373 g/mol. The zero-order valence-corrected chi connectivity index (χ0v) is 16.9.